The van der Waals surface area contributed by atoms with E-state index in [2.05, 4.69) is 22.7 Å². The standard InChI is InChI=1S/C15H17N3/c1-3-9-18(4-2)15-10-12(11-16)13-7-5-6-8-14(13)17-15/h1,5-8,10H,4,9,11,16H2,2H3. The summed E-state index contributed by atoms with van der Waals surface area (Å²) < 4.78 is 0. The van der Waals surface area contributed by atoms with E-state index in [1.165, 1.54) is 0 Å². The summed E-state index contributed by atoms with van der Waals surface area (Å²) in [6, 6.07) is 10.1. The van der Waals surface area contributed by atoms with Crippen LogP contribution >= 0.6 is 0 Å². The largest absolute Gasteiger partial charge is 0.346 e. The number of nitrogens with two attached hydrogens (primary N) is 1. The van der Waals surface area contributed by atoms with Crippen LogP contribution in [0.5, 0.6) is 0 Å². The highest BCUT2D eigenvalue weighted by molar-refractivity contribution is 5.84. The van der Waals surface area contributed by atoms with Crippen molar-refractivity contribution in [1.82, 2.24) is 4.98 Å². The lowest BCUT2D eigenvalue weighted by molar-refractivity contribution is 0.894. The van der Waals surface area contributed by atoms with E-state index in [9.17, 15) is 0 Å². The van der Waals surface area contributed by atoms with Gasteiger partial charge in [0.15, 0.2) is 0 Å². The molecule has 0 aliphatic rings. The molecule has 0 spiro atoms. The first-order chi connectivity index (χ1) is 8.80. The molecule has 0 atom stereocenters. The minimum Gasteiger partial charge on any atom is -0.346 e. The van der Waals surface area contributed by atoms with Crippen molar-refractivity contribution in [3.05, 3.63) is 35.9 Å². The molecule has 92 valence electrons. The highest BCUT2D eigenvalue weighted by atomic mass is 15.2. The van der Waals surface area contributed by atoms with Gasteiger partial charge in [0.05, 0.1) is 12.1 Å². The third-order valence-corrected chi connectivity index (χ3v) is 3.00. The summed E-state index contributed by atoms with van der Waals surface area (Å²) in [7, 11) is 0. The molecule has 1 heterocycles. The smallest absolute Gasteiger partial charge is 0.130 e. The molecule has 1 aromatic carbocycles. The second kappa shape index (κ2) is 5.52. The summed E-state index contributed by atoms with van der Waals surface area (Å²) in [5.74, 6) is 3.56. The van der Waals surface area contributed by atoms with Crippen molar-refractivity contribution in [2.75, 3.05) is 18.0 Å². The van der Waals surface area contributed by atoms with Crippen molar-refractivity contribution < 1.29 is 0 Å². The zero-order valence-corrected chi connectivity index (χ0v) is 10.6. The number of terminal acetylenes is 1. The molecule has 0 fully saturated rings. The third kappa shape index (κ3) is 2.29. The Kier molecular flexibility index (Phi) is 3.81. The van der Waals surface area contributed by atoms with Crippen molar-refractivity contribution in [2.45, 2.75) is 13.5 Å². The molecule has 0 aliphatic heterocycles. The van der Waals surface area contributed by atoms with Gasteiger partial charge >= 0.3 is 0 Å². The Morgan fingerprint density at radius 1 is 1.39 bits per heavy atom. The van der Waals surface area contributed by atoms with E-state index in [1.54, 1.807) is 0 Å². The van der Waals surface area contributed by atoms with Gasteiger partial charge in [0, 0.05) is 18.5 Å². The Balaban J connectivity index is 2.56. The molecule has 3 heteroatoms. The number of fused-ring (bicyclic) bond motifs is 1. The van der Waals surface area contributed by atoms with Gasteiger partial charge in [0.1, 0.15) is 5.82 Å². The van der Waals surface area contributed by atoms with Crippen LogP contribution in [0, 0.1) is 12.3 Å². The van der Waals surface area contributed by atoms with Crippen LogP contribution in [0.15, 0.2) is 30.3 Å². The zero-order valence-electron chi connectivity index (χ0n) is 10.6. The maximum absolute atomic E-state index is 5.81. The summed E-state index contributed by atoms with van der Waals surface area (Å²) in [6.07, 6.45) is 5.38. The summed E-state index contributed by atoms with van der Waals surface area (Å²) in [5.41, 5.74) is 7.88. The van der Waals surface area contributed by atoms with Gasteiger partial charge in [0.2, 0.25) is 0 Å². The molecule has 18 heavy (non-hydrogen) atoms. The average molecular weight is 239 g/mol. The molecular weight excluding hydrogens is 222 g/mol. The van der Waals surface area contributed by atoms with Crippen molar-refractivity contribution in [3.8, 4) is 12.3 Å². The number of hydrogen-bond acceptors (Lipinski definition) is 3. The molecule has 0 amide bonds. The van der Waals surface area contributed by atoms with Crippen LogP contribution in [-0.2, 0) is 6.54 Å². The highest BCUT2D eigenvalue weighted by Gasteiger charge is 2.08. The first-order valence-electron chi connectivity index (χ1n) is 6.07. The first-order valence-corrected chi connectivity index (χ1v) is 6.07. The normalized spacial score (nSPS) is 10.3. The van der Waals surface area contributed by atoms with Crippen LogP contribution in [0.1, 0.15) is 12.5 Å². The van der Waals surface area contributed by atoms with E-state index < -0.39 is 0 Å². The maximum Gasteiger partial charge on any atom is 0.130 e. The average Bonchev–Trinajstić information content (AvgIpc) is 2.43. The Morgan fingerprint density at radius 3 is 2.83 bits per heavy atom. The van der Waals surface area contributed by atoms with E-state index in [1.807, 2.05) is 30.3 Å². The maximum atomic E-state index is 5.81. The van der Waals surface area contributed by atoms with Crippen LogP contribution < -0.4 is 10.6 Å². The SMILES string of the molecule is C#CCN(CC)c1cc(CN)c2ccccc2n1. The molecule has 1 aromatic heterocycles. The molecule has 0 unspecified atom stereocenters. The predicted octanol–water partition coefficient (Wildman–Crippen LogP) is 2.15. The Bertz CT molecular complexity index is 584. The summed E-state index contributed by atoms with van der Waals surface area (Å²) >= 11 is 0. The molecule has 2 rings (SSSR count). The van der Waals surface area contributed by atoms with Gasteiger partial charge in [-0.1, -0.05) is 24.1 Å². The van der Waals surface area contributed by atoms with Gasteiger partial charge in [0.25, 0.3) is 0 Å². The number of nitrogens with zero attached hydrogens (tertiary/aromatic N) is 2. The van der Waals surface area contributed by atoms with Crippen LogP contribution in [0.4, 0.5) is 5.82 Å². The predicted molar refractivity (Wildman–Crippen MR) is 76.4 cm³/mol. The molecule has 2 aromatic rings. The summed E-state index contributed by atoms with van der Waals surface area (Å²) in [6.45, 7) is 3.96. The first kappa shape index (κ1) is 12.4. The fourth-order valence-electron chi connectivity index (χ4n) is 2.03. The van der Waals surface area contributed by atoms with E-state index in [0.717, 1.165) is 28.8 Å². The molecule has 2 N–H and O–H groups in total. The van der Waals surface area contributed by atoms with Gasteiger partial charge in [-0.25, -0.2) is 4.98 Å². The van der Waals surface area contributed by atoms with E-state index >= 15 is 0 Å². The number of benzene rings is 1. The minimum absolute atomic E-state index is 0.504. The summed E-state index contributed by atoms with van der Waals surface area (Å²) in [4.78, 5) is 6.71. The Hall–Kier alpha value is -2.05. The monoisotopic (exact) mass is 239 g/mol. The van der Waals surface area contributed by atoms with E-state index in [4.69, 9.17) is 12.2 Å². The van der Waals surface area contributed by atoms with Gasteiger partial charge in [-0.05, 0) is 24.6 Å². The number of rotatable bonds is 4. The Labute approximate surface area is 108 Å². The van der Waals surface area contributed by atoms with Crippen molar-refractivity contribution in [3.63, 3.8) is 0 Å². The fourth-order valence-corrected chi connectivity index (χ4v) is 2.03. The molecule has 0 saturated heterocycles. The lowest BCUT2D eigenvalue weighted by Crippen LogP contribution is -2.24. The van der Waals surface area contributed by atoms with E-state index in [-0.39, 0.29) is 0 Å². The topological polar surface area (TPSA) is 42.1 Å². The highest BCUT2D eigenvalue weighted by Crippen LogP contribution is 2.22. The molecule has 0 bridgehead atoms. The molecule has 0 aliphatic carbocycles. The van der Waals surface area contributed by atoms with E-state index in [0.29, 0.717) is 13.1 Å². The number of pyridine rings is 1. The molecule has 3 nitrogen and oxygen atoms in total. The molecule has 0 radical (unpaired) electrons. The Morgan fingerprint density at radius 2 is 2.17 bits per heavy atom. The van der Waals surface area contributed by atoms with Crippen LogP contribution in [0.2, 0.25) is 0 Å². The van der Waals surface area contributed by atoms with Gasteiger partial charge in [-0.2, -0.15) is 0 Å². The van der Waals surface area contributed by atoms with Crippen LogP contribution in [-0.4, -0.2) is 18.1 Å². The van der Waals surface area contributed by atoms with Crippen molar-refractivity contribution >= 4 is 16.7 Å². The second-order valence-corrected chi connectivity index (χ2v) is 4.08. The van der Waals surface area contributed by atoms with Gasteiger partial charge in [-0.15, -0.1) is 6.42 Å². The van der Waals surface area contributed by atoms with Gasteiger partial charge < -0.3 is 10.6 Å². The van der Waals surface area contributed by atoms with Crippen molar-refractivity contribution in [1.29, 1.82) is 0 Å². The van der Waals surface area contributed by atoms with Crippen LogP contribution in [0.25, 0.3) is 10.9 Å². The van der Waals surface area contributed by atoms with Crippen LogP contribution in [0.3, 0.4) is 0 Å². The summed E-state index contributed by atoms with van der Waals surface area (Å²) in [5, 5.41) is 1.11. The number of anilines is 1. The quantitative estimate of drug-likeness (QED) is 0.831. The molecule has 0 saturated carbocycles. The zero-order chi connectivity index (χ0) is 13.0. The minimum atomic E-state index is 0.504. The lowest BCUT2D eigenvalue weighted by Gasteiger charge is -2.20. The number of aromatic nitrogens is 1. The number of hydrogen-bond donors (Lipinski definition) is 1. The molecular formula is C15H17N3. The fraction of sp³-hybridized carbons (Fsp3) is 0.267. The van der Waals surface area contributed by atoms with Gasteiger partial charge in [-0.3, -0.25) is 0 Å². The van der Waals surface area contributed by atoms with Crippen molar-refractivity contribution in [2.24, 2.45) is 5.73 Å². The second-order valence-electron chi connectivity index (χ2n) is 4.08. The third-order valence-electron chi connectivity index (χ3n) is 3.00. The lowest BCUT2D eigenvalue weighted by atomic mass is 10.1. The number of para-hydroxylation sites is 1.